The van der Waals surface area contributed by atoms with E-state index >= 15 is 0 Å². The van der Waals surface area contributed by atoms with Crippen LogP contribution in [0.1, 0.15) is 51.6 Å². The molecule has 3 amide bonds. The molecule has 1 saturated carbocycles. The zero-order valence-electron chi connectivity index (χ0n) is 16.0. The van der Waals surface area contributed by atoms with Gasteiger partial charge in [-0.2, -0.15) is 0 Å². The van der Waals surface area contributed by atoms with Crippen molar-refractivity contribution in [3.05, 3.63) is 29.8 Å². The maximum absolute atomic E-state index is 11.9. The highest BCUT2D eigenvalue weighted by molar-refractivity contribution is 5.94. The van der Waals surface area contributed by atoms with Crippen molar-refractivity contribution in [3.63, 3.8) is 0 Å². The highest BCUT2D eigenvalue weighted by Gasteiger charge is 2.29. The maximum atomic E-state index is 11.9. The number of hydrogen-bond acceptors (Lipinski definition) is 3. The summed E-state index contributed by atoms with van der Waals surface area (Å²) in [4.78, 5) is 23.7. The molecule has 0 aliphatic heterocycles. The van der Waals surface area contributed by atoms with E-state index in [1.807, 2.05) is 31.2 Å². The summed E-state index contributed by atoms with van der Waals surface area (Å²) in [5.74, 6) is 0.816. The first kappa shape index (κ1) is 20.2. The molecule has 3 N–H and O–H groups in total. The molecule has 1 unspecified atom stereocenters. The summed E-state index contributed by atoms with van der Waals surface area (Å²) in [5.41, 5.74) is 1.79. The lowest BCUT2D eigenvalue weighted by molar-refractivity contribution is -0.117. The van der Waals surface area contributed by atoms with E-state index in [1.165, 1.54) is 0 Å². The summed E-state index contributed by atoms with van der Waals surface area (Å²) in [7, 11) is 0. The molecule has 144 valence electrons. The third-order valence-corrected chi connectivity index (χ3v) is 4.18. The SMILES string of the molecule is CC(C)COCCCNC(=O)NC(C)c1ccc(NC(=O)C2CC2)cc1. The van der Waals surface area contributed by atoms with Crippen LogP contribution in [-0.4, -0.2) is 31.7 Å². The molecule has 0 bridgehead atoms. The summed E-state index contributed by atoms with van der Waals surface area (Å²) in [6.07, 6.45) is 2.78. The van der Waals surface area contributed by atoms with Gasteiger partial charge in [-0.15, -0.1) is 0 Å². The van der Waals surface area contributed by atoms with Crippen molar-refractivity contribution < 1.29 is 14.3 Å². The fourth-order valence-electron chi connectivity index (χ4n) is 2.47. The Labute approximate surface area is 156 Å². The van der Waals surface area contributed by atoms with Crippen molar-refractivity contribution in [1.82, 2.24) is 10.6 Å². The number of carbonyl (C=O) groups excluding carboxylic acids is 2. The molecule has 2 rings (SSSR count). The average Bonchev–Trinajstić information content (AvgIpc) is 3.43. The van der Waals surface area contributed by atoms with Gasteiger partial charge >= 0.3 is 6.03 Å². The van der Waals surface area contributed by atoms with Gasteiger partial charge in [0.15, 0.2) is 0 Å². The second kappa shape index (κ2) is 10.2. The van der Waals surface area contributed by atoms with Crippen LogP contribution in [0.2, 0.25) is 0 Å². The smallest absolute Gasteiger partial charge is 0.315 e. The van der Waals surface area contributed by atoms with Crippen molar-refractivity contribution >= 4 is 17.6 Å². The Bertz CT molecular complexity index is 582. The van der Waals surface area contributed by atoms with Crippen LogP contribution in [-0.2, 0) is 9.53 Å². The Morgan fingerprint density at radius 3 is 2.46 bits per heavy atom. The van der Waals surface area contributed by atoms with Gasteiger partial charge < -0.3 is 20.7 Å². The molecule has 1 aliphatic rings. The summed E-state index contributed by atoms with van der Waals surface area (Å²) < 4.78 is 5.48. The van der Waals surface area contributed by atoms with Crippen LogP contribution < -0.4 is 16.0 Å². The number of carbonyl (C=O) groups is 2. The van der Waals surface area contributed by atoms with E-state index in [1.54, 1.807) is 0 Å². The first-order chi connectivity index (χ1) is 12.5. The Balaban J connectivity index is 1.65. The van der Waals surface area contributed by atoms with Crippen LogP contribution in [0.15, 0.2) is 24.3 Å². The molecule has 1 aliphatic carbocycles. The summed E-state index contributed by atoms with van der Waals surface area (Å²) in [6.45, 7) is 8.15. The standard InChI is InChI=1S/C20H31N3O3/c1-14(2)13-26-12-4-11-21-20(25)22-15(3)16-7-9-18(10-8-16)23-19(24)17-5-6-17/h7-10,14-15,17H,4-6,11-13H2,1-3H3,(H,23,24)(H2,21,22,25). The number of hydrogen-bond donors (Lipinski definition) is 3. The lowest BCUT2D eigenvalue weighted by Gasteiger charge is -2.16. The molecule has 0 saturated heterocycles. The second-order valence-electron chi connectivity index (χ2n) is 7.33. The van der Waals surface area contributed by atoms with E-state index in [0.29, 0.717) is 19.1 Å². The predicted molar refractivity (Wildman–Crippen MR) is 103 cm³/mol. The lowest BCUT2D eigenvalue weighted by Crippen LogP contribution is -2.37. The molecule has 1 fully saturated rings. The summed E-state index contributed by atoms with van der Waals surface area (Å²) in [5, 5.41) is 8.67. The van der Waals surface area contributed by atoms with Gasteiger partial charge in [-0.3, -0.25) is 4.79 Å². The van der Waals surface area contributed by atoms with Gasteiger partial charge in [0.1, 0.15) is 0 Å². The Kier molecular flexibility index (Phi) is 7.91. The predicted octanol–water partition coefficient (Wildman–Crippen LogP) is 3.46. The molecule has 26 heavy (non-hydrogen) atoms. The fourth-order valence-corrected chi connectivity index (χ4v) is 2.47. The first-order valence-corrected chi connectivity index (χ1v) is 9.48. The van der Waals surface area contributed by atoms with Gasteiger partial charge in [0, 0.05) is 31.4 Å². The zero-order chi connectivity index (χ0) is 18.9. The molecule has 0 spiro atoms. The monoisotopic (exact) mass is 361 g/mol. The van der Waals surface area contributed by atoms with Crippen LogP contribution in [0.3, 0.4) is 0 Å². The first-order valence-electron chi connectivity index (χ1n) is 9.48. The van der Waals surface area contributed by atoms with Crippen molar-refractivity contribution in [2.45, 2.75) is 46.1 Å². The zero-order valence-corrected chi connectivity index (χ0v) is 16.0. The van der Waals surface area contributed by atoms with Crippen molar-refractivity contribution in [3.8, 4) is 0 Å². The quantitative estimate of drug-likeness (QED) is 0.558. The molecular weight excluding hydrogens is 330 g/mol. The van der Waals surface area contributed by atoms with Crippen molar-refractivity contribution in [2.24, 2.45) is 11.8 Å². The normalized spacial score (nSPS) is 14.8. The van der Waals surface area contributed by atoms with Gasteiger partial charge in [-0.05, 0) is 49.8 Å². The molecular formula is C20H31N3O3. The van der Waals surface area contributed by atoms with Crippen LogP contribution in [0.25, 0.3) is 0 Å². The van der Waals surface area contributed by atoms with Gasteiger partial charge in [-0.1, -0.05) is 26.0 Å². The minimum atomic E-state index is -0.188. The number of rotatable bonds is 10. The number of benzene rings is 1. The molecule has 0 heterocycles. The molecule has 0 radical (unpaired) electrons. The van der Waals surface area contributed by atoms with Gasteiger partial charge in [0.05, 0.1) is 6.04 Å². The van der Waals surface area contributed by atoms with E-state index in [4.69, 9.17) is 4.74 Å². The third-order valence-electron chi connectivity index (χ3n) is 4.18. The van der Waals surface area contributed by atoms with E-state index < -0.39 is 0 Å². The molecule has 6 nitrogen and oxygen atoms in total. The maximum Gasteiger partial charge on any atom is 0.315 e. The number of anilines is 1. The second-order valence-corrected chi connectivity index (χ2v) is 7.33. The third kappa shape index (κ3) is 7.44. The topological polar surface area (TPSA) is 79.5 Å². The molecule has 1 atom stereocenters. The fraction of sp³-hybridized carbons (Fsp3) is 0.600. The highest BCUT2D eigenvalue weighted by atomic mass is 16.5. The van der Waals surface area contributed by atoms with Crippen LogP contribution in [0, 0.1) is 11.8 Å². The largest absolute Gasteiger partial charge is 0.381 e. The Hall–Kier alpha value is -2.08. The van der Waals surface area contributed by atoms with Gasteiger partial charge in [-0.25, -0.2) is 4.79 Å². The van der Waals surface area contributed by atoms with Crippen LogP contribution in [0.4, 0.5) is 10.5 Å². The van der Waals surface area contributed by atoms with E-state index in [2.05, 4.69) is 29.8 Å². The molecule has 0 aromatic heterocycles. The number of urea groups is 1. The minimum Gasteiger partial charge on any atom is -0.381 e. The van der Waals surface area contributed by atoms with Gasteiger partial charge in [0.2, 0.25) is 5.91 Å². The minimum absolute atomic E-state index is 0.0978. The van der Waals surface area contributed by atoms with Gasteiger partial charge in [0.25, 0.3) is 0 Å². The Morgan fingerprint density at radius 1 is 1.15 bits per heavy atom. The highest BCUT2D eigenvalue weighted by Crippen LogP contribution is 2.30. The van der Waals surface area contributed by atoms with Crippen molar-refractivity contribution in [1.29, 1.82) is 0 Å². The summed E-state index contributed by atoms with van der Waals surface area (Å²) in [6, 6.07) is 7.29. The molecule has 1 aromatic carbocycles. The van der Waals surface area contributed by atoms with Crippen LogP contribution >= 0.6 is 0 Å². The van der Waals surface area contributed by atoms with Crippen molar-refractivity contribution in [2.75, 3.05) is 25.1 Å². The number of ether oxygens (including phenoxy) is 1. The molecule has 1 aromatic rings. The molecule has 6 heteroatoms. The number of nitrogens with one attached hydrogen (secondary N) is 3. The Morgan fingerprint density at radius 2 is 1.85 bits per heavy atom. The van der Waals surface area contributed by atoms with E-state index in [0.717, 1.165) is 37.1 Å². The van der Waals surface area contributed by atoms with E-state index in [-0.39, 0.29) is 23.9 Å². The lowest BCUT2D eigenvalue weighted by atomic mass is 10.1. The average molecular weight is 361 g/mol. The van der Waals surface area contributed by atoms with E-state index in [9.17, 15) is 9.59 Å². The summed E-state index contributed by atoms with van der Waals surface area (Å²) >= 11 is 0. The van der Waals surface area contributed by atoms with Crippen LogP contribution in [0.5, 0.6) is 0 Å². The number of amides is 3.